The number of nitrogens with one attached hydrogen (secondary N) is 2. The average molecular weight is 380 g/mol. The average Bonchev–Trinajstić information content (AvgIpc) is 2.60. The fourth-order valence-corrected chi connectivity index (χ4v) is 2.35. The fraction of sp³-hybridized carbons (Fsp3) is 0.867. The van der Waals surface area contributed by atoms with Gasteiger partial charge in [0, 0.05) is 18.4 Å². The van der Waals surface area contributed by atoms with Crippen molar-refractivity contribution in [3.05, 3.63) is 0 Å². The van der Waals surface area contributed by atoms with E-state index in [0.717, 1.165) is 0 Å². The van der Waals surface area contributed by atoms with Crippen molar-refractivity contribution in [2.75, 3.05) is 19.8 Å². The Morgan fingerprint density at radius 3 is 2.31 bits per heavy atom. The summed E-state index contributed by atoms with van der Waals surface area (Å²) in [5.74, 6) is -1.40. The first-order chi connectivity index (χ1) is 12.0. The molecule has 26 heavy (non-hydrogen) atoms. The molecule has 0 aliphatic carbocycles. The minimum atomic E-state index is -1.63. The van der Waals surface area contributed by atoms with E-state index in [2.05, 4.69) is 10.6 Å². The minimum absolute atomic E-state index is 0.134. The molecule has 0 bridgehead atoms. The van der Waals surface area contributed by atoms with E-state index in [1.807, 2.05) is 0 Å². The Hall–Kier alpha value is -1.34. The molecule has 152 valence electrons. The molecule has 8 N–H and O–H groups in total. The van der Waals surface area contributed by atoms with Gasteiger partial charge in [-0.2, -0.15) is 0 Å². The van der Waals surface area contributed by atoms with E-state index in [9.17, 15) is 30.0 Å². The van der Waals surface area contributed by atoms with Gasteiger partial charge in [0.1, 0.15) is 30.5 Å². The number of hydrogen-bond acceptors (Lipinski definition) is 9. The van der Waals surface area contributed by atoms with Gasteiger partial charge in [0.2, 0.25) is 11.8 Å². The van der Waals surface area contributed by atoms with Gasteiger partial charge in [-0.05, 0) is 0 Å². The lowest BCUT2D eigenvalue weighted by Crippen LogP contribution is -2.64. The molecule has 11 heteroatoms. The molecule has 0 saturated carbocycles. The zero-order valence-corrected chi connectivity index (χ0v) is 14.7. The molecule has 1 saturated heterocycles. The van der Waals surface area contributed by atoms with Crippen LogP contribution in [0.1, 0.15) is 20.3 Å². The maximum absolute atomic E-state index is 11.9. The van der Waals surface area contributed by atoms with Crippen molar-refractivity contribution >= 4 is 11.8 Å². The van der Waals surface area contributed by atoms with E-state index < -0.39 is 67.2 Å². The van der Waals surface area contributed by atoms with Crippen LogP contribution in [-0.4, -0.2) is 99.0 Å². The van der Waals surface area contributed by atoms with Gasteiger partial charge in [-0.3, -0.25) is 9.59 Å². The third-order valence-electron chi connectivity index (χ3n) is 4.28. The molecule has 0 spiro atoms. The van der Waals surface area contributed by atoms with E-state index in [1.165, 1.54) is 13.8 Å². The molecule has 1 fully saturated rings. The number of aliphatic hydroxyl groups excluding tert-OH is 6. The van der Waals surface area contributed by atoms with Gasteiger partial charge >= 0.3 is 0 Å². The highest BCUT2D eigenvalue weighted by molar-refractivity contribution is 5.82. The van der Waals surface area contributed by atoms with Gasteiger partial charge in [-0.25, -0.2) is 0 Å². The summed E-state index contributed by atoms with van der Waals surface area (Å²) in [6.07, 6.45) is -7.55. The molecule has 0 radical (unpaired) electrons. The Labute approximate surface area is 150 Å². The topological polar surface area (TPSA) is 189 Å². The van der Waals surface area contributed by atoms with Crippen LogP contribution in [0.2, 0.25) is 0 Å². The van der Waals surface area contributed by atoms with Crippen LogP contribution in [0.5, 0.6) is 0 Å². The Kier molecular flexibility index (Phi) is 8.34. The Morgan fingerprint density at radius 1 is 1.15 bits per heavy atom. The number of rotatable bonds is 8. The van der Waals surface area contributed by atoms with E-state index in [4.69, 9.17) is 14.9 Å². The van der Waals surface area contributed by atoms with Crippen LogP contribution in [-0.2, 0) is 14.3 Å². The predicted octanol–water partition coefficient (Wildman–Crippen LogP) is -4.21. The van der Waals surface area contributed by atoms with Crippen LogP contribution in [0.4, 0.5) is 0 Å². The number of aliphatic hydroxyl groups is 6. The Morgan fingerprint density at radius 2 is 1.77 bits per heavy atom. The highest BCUT2D eigenvalue weighted by atomic mass is 16.6. The van der Waals surface area contributed by atoms with Crippen LogP contribution in [0.3, 0.4) is 0 Å². The normalized spacial score (nSPS) is 30.5. The molecule has 2 amide bonds. The van der Waals surface area contributed by atoms with E-state index >= 15 is 0 Å². The lowest BCUT2D eigenvalue weighted by Gasteiger charge is -2.40. The van der Waals surface area contributed by atoms with Crippen LogP contribution in [0.25, 0.3) is 0 Å². The molecule has 0 aromatic rings. The summed E-state index contributed by atoms with van der Waals surface area (Å²) in [7, 11) is 0. The van der Waals surface area contributed by atoms with Crippen molar-refractivity contribution in [1.82, 2.24) is 10.6 Å². The first-order valence-corrected chi connectivity index (χ1v) is 8.21. The third-order valence-corrected chi connectivity index (χ3v) is 4.28. The summed E-state index contributed by atoms with van der Waals surface area (Å²) in [6, 6.07) is -1.31. The number of amides is 2. The predicted molar refractivity (Wildman–Crippen MR) is 86.4 cm³/mol. The first-order valence-electron chi connectivity index (χ1n) is 8.21. The summed E-state index contributed by atoms with van der Waals surface area (Å²) >= 11 is 0. The third kappa shape index (κ3) is 5.58. The molecule has 1 aliphatic rings. The van der Waals surface area contributed by atoms with Crippen molar-refractivity contribution in [3.8, 4) is 0 Å². The lowest BCUT2D eigenvalue weighted by molar-refractivity contribution is -0.253. The smallest absolute Gasteiger partial charge is 0.249 e. The number of carbonyl (C=O) groups is 2. The number of hydrogen-bond donors (Lipinski definition) is 8. The van der Waals surface area contributed by atoms with Crippen LogP contribution < -0.4 is 10.6 Å². The van der Waals surface area contributed by atoms with Gasteiger partial charge in [0.15, 0.2) is 6.29 Å². The summed E-state index contributed by atoms with van der Waals surface area (Å²) in [5, 5.41) is 62.0. The van der Waals surface area contributed by atoms with Gasteiger partial charge < -0.3 is 46.0 Å². The number of carbonyl (C=O) groups excluding carboxylic acids is 2. The minimum Gasteiger partial charge on any atom is -0.396 e. The highest BCUT2D eigenvalue weighted by Crippen LogP contribution is 2.20. The summed E-state index contributed by atoms with van der Waals surface area (Å²) in [4.78, 5) is 23.7. The molecular formula is C15H28N2O9. The quantitative estimate of drug-likeness (QED) is 0.206. The summed E-state index contributed by atoms with van der Waals surface area (Å²) in [5.41, 5.74) is -1.04. The second kappa shape index (κ2) is 9.55. The first kappa shape index (κ1) is 22.7. The number of ether oxygens (including phenoxy) is 1. The molecule has 1 unspecified atom stereocenters. The van der Waals surface area contributed by atoms with Crippen LogP contribution in [0, 0.1) is 5.41 Å². The monoisotopic (exact) mass is 380 g/mol. The van der Waals surface area contributed by atoms with Gasteiger partial charge in [0.05, 0.1) is 13.2 Å². The van der Waals surface area contributed by atoms with Crippen molar-refractivity contribution in [1.29, 1.82) is 0 Å². The molecule has 0 aromatic heterocycles. The second-order valence-corrected chi connectivity index (χ2v) is 6.91. The zero-order chi connectivity index (χ0) is 20.1. The largest absolute Gasteiger partial charge is 0.396 e. The zero-order valence-electron chi connectivity index (χ0n) is 14.7. The van der Waals surface area contributed by atoms with Crippen molar-refractivity contribution in [2.24, 2.45) is 5.41 Å². The van der Waals surface area contributed by atoms with Crippen LogP contribution in [0.15, 0.2) is 0 Å². The van der Waals surface area contributed by atoms with Crippen molar-refractivity contribution < 1.29 is 45.0 Å². The Balaban J connectivity index is 2.46. The van der Waals surface area contributed by atoms with E-state index in [0.29, 0.717) is 0 Å². The fourth-order valence-electron chi connectivity index (χ4n) is 2.35. The highest BCUT2D eigenvalue weighted by Gasteiger charge is 2.44. The molecule has 1 aliphatic heterocycles. The standard InChI is InChI=1S/C15H28N2O9/c1-15(2,6-19)12(23)13(24)16-4-3-8(20)17-9-11(22)10(21)7(5-18)26-14(9)25/h7,9-12,14,18-19,21-23,25H,3-6H2,1-2H3,(H,16,24)(H,17,20)/t7-,9+,10-,11-,12?,14-/m1/s1. The Bertz CT molecular complexity index is 488. The van der Waals surface area contributed by atoms with E-state index in [-0.39, 0.29) is 13.0 Å². The maximum atomic E-state index is 11.9. The maximum Gasteiger partial charge on any atom is 0.249 e. The summed E-state index contributed by atoms with van der Waals surface area (Å²) in [6.45, 7) is 1.84. The van der Waals surface area contributed by atoms with Gasteiger partial charge in [-0.1, -0.05) is 13.8 Å². The van der Waals surface area contributed by atoms with Crippen LogP contribution >= 0.6 is 0 Å². The van der Waals surface area contributed by atoms with Crippen molar-refractivity contribution in [3.63, 3.8) is 0 Å². The molecule has 11 nitrogen and oxygen atoms in total. The molecule has 6 atom stereocenters. The van der Waals surface area contributed by atoms with Gasteiger partial charge in [-0.15, -0.1) is 0 Å². The SMILES string of the molecule is CC(C)(CO)C(O)C(=O)NCCC(=O)N[C@H]1[C@@H](O)[C@H](O)[C@@H](CO)O[C@H]1O. The second-order valence-electron chi connectivity index (χ2n) is 6.91. The van der Waals surface area contributed by atoms with E-state index in [1.54, 1.807) is 0 Å². The summed E-state index contributed by atoms with van der Waals surface area (Å²) < 4.78 is 4.91. The molecular weight excluding hydrogens is 352 g/mol. The molecule has 1 heterocycles. The lowest BCUT2D eigenvalue weighted by atomic mass is 9.87. The molecule has 0 aromatic carbocycles. The van der Waals surface area contributed by atoms with Gasteiger partial charge in [0.25, 0.3) is 0 Å². The molecule has 1 rings (SSSR count). The van der Waals surface area contributed by atoms with Crippen molar-refractivity contribution in [2.45, 2.75) is 57.0 Å².